The molecule has 1 aliphatic rings. The number of anilines is 1. The van der Waals surface area contributed by atoms with Crippen LogP contribution in [-0.2, 0) is 11.3 Å². The van der Waals surface area contributed by atoms with Gasteiger partial charge in [0.15, 0.2) is 0 Å². The van der Waals surface area contributed by atoms with Crippen molar-refractivity contribution in [3.8, 4) is 0 Å². The first-order chi connectivity index (χ1) is 11.1. The Hall–Kier alpha value is -1.75. The molecule has 0 fully saturated rings. The zero-order valence-corrected chi connectivity index (χ0v) is 14.7. The number of carbonyl (C=O) groups excluding carboxylic acids is 1. The molecular weight excluding hydrogens is 306 g/mol. The number of carbonyl (C=O) groups is 1. The zero-order chi connectivity index (χ0) is 16.4. The first-order valence-electron chi connectivity index (χ1n) is 8.08. The summed E-state index contributed by atoms with van der Waals surface area (Å²) in [4.78, 5) is 13.4. The number of aromatic nitrogens is 2. The highest BCUT2D eigenvalue weighted by atomic mass is 32.2. The standard InChI is InChI=1S/C18H23N3OS/c1-12(2)7-8-21-18-16(11-19-21)15(10-17(22)20-18)13-5-4-6-14(9-13)23-3/h4-6,9,11-12,15H,7-8,10H2,1-3H3,(H,20,22). The van der Waals surface area contributed by atoms with Crippen LogP contribution >= 0.6 is 11.8 Å². The van der Waals surface area contributed by atoms with Crippen molar-refractivity contribution in [2.75, 3.05) is 11.6 Å². The SMILES string of the molecule is CSc1cccc(C2CC(=O)Nc3c2cnn3CCC(C)C)c1. The smallest absolute Gasteiger partial charge is 0.226 e. The molecule has 1 aliphatic heterocycles. The Balaban J connectivity index is 1.94. The zero-order valence-electron chi connectivity index (χ0n) is 13.9. The molecule has 0 aliphatic carbocycles. The molecule has 5 heteroatoms. The van der Waals surface area contributed by atoms with Crippen LogP contribution in [0.25, 0.3) is 0 Å². The number of hydrogen-bond donors (Lipinski definition) is 1. The van der Waals surface area contributed by atoms with Crippen LogP contribution in [0, 0.1) is 5.92 Å². The molecule has 0 spiro atoms. The van der Waals surface area contributed by atoms with Gasteiger partial charge in [-0.2, -0.15) is 5.10 Å². The lowest BCUT2D eigenvalue weighted by molar-refractivity contribution is -0.116. The fourth-order valence-electron chi connectivity index (χ4n) is 2.98. The number of benzene rings is 1. The van der Waals surface area contributed by atoms with E-state index >= 15 is 0 Å². The van der Waals surface area contributed by atoms with Crippen LogP contribution in [0.4, 0.5) is 5.82 Å². The minimum absolute atomic E-state index is 0.0725. The lowest BCUT2D eigenvalue weighted by atomic mass is 9.87. The summed E-state index contributed by atoms with van der Waals surface area (Å²) in [6, 6.07) is 8.46. The van der Waals surface area contributed by atoms with Gasteiger partial charge in [-0.25, -0.2) is 4.68 Å². The molecule has 2 heterocycles. The summed E-state index contributed by atoms with van der Waals surface area (Å²) in [5.74, 6) is 1.66. The molecule has 0 saturated carbocycles. The van der Waals surface area contributed by atoms with Crippen LogP contribution in [-0.4, -0.2) is 21.9 Å². The maximum atomic E-state index is 12.2. The number of nitrogens with one attached hydrogen (secondary N) is 1. The van der Waals surface area contributed by atoms with Crippen LogP contribution in [0.2, 0.25) is 0 Å². The first-order valence-corrected chi connectivity index (χ1v) is 9.30. The van der Waals surface area contributed by atoms with Gasteiger partial charge in [0.05, 0.1) is 6.20 Å². The summed E-state index contributed by atoms with van der Waals surface area (Å²) in [6.45, 7) is 5.24. The second-order valence-corrected chi connectivity index (χ2v) is 7.32. The molecule has 1 amide bonds. The van der Waals surface area contributed by atoms with Crippen LogP contribution < -0.4 is 5.32 Å². The second-order valence-electron chi connectivity index (χ2n) is 6.44. The van der Waals surface area contributed by atoms with Crippen molar-refractivity contribution in [2.45, 2.75) is 44.0 Å². The van der Waals surface area contributed by atoms with Crippen molar-refractivity contribution in [2.24, 2.45) is 5.92 Å². The molecular formula is C18H23N3OS. The van der Waals surface area contributed by atoms with E-state index in [1.807, 2.05) is 10.9 Å². The number of aryl methyl sites for hydroxylation is 1. The van der Waals surface area contributed by atoms with E-state index in [9.17, 15) is 4.79 Å². The monoisotopic (exact) mass is 329 g/mol. The molecule has 2 aromatic rings. The van der Waals surface area contributed by atoms with Gasteiger partial charge in [-0.1, -0.05) is 26.0 Å². The van der Waals surface area contributed by atoms with Crippen molar-refractivity contribution in [1.82, 2.24) is 9.78 Å². The molecule has 23 heavy (non-hydrogen) atoms. The predicted molar refractivity (Wildman–Crippen MR) is 95.0 cm³/mol. The summed E-state index contributed by atoms with van der Waals surface area (Å²) < 4.78 is 1.94. The topological polar surface area (TPSA) is 46.9 Å². The van der Waals surface area contributed by atoms with E-state index < -0.39 is 0 Å². The van der Waals surface area contributed by atoms with Gasteiger partial charge in [-0.15, -0.1) is 11.8 Å². The van der Waals surface area contributed by atoms with Gasteiger partial charge < -0.3 is 5.32 Å². The molecule has 0 saturated heterocycles. The number of fused-ring (bicyclic) bond motifs is 1. The molecule has 1 N–H and O–H groups in total. The van der Waals surface area contributed by atoms with E-state index in [-0.39, 0.29) is 11.8 Å². The maximum Gasteiger partial charge on any atom is 0.226 e. The largest absolute Gasteiger partial charge is 0.311 e. The van der Waals surface area contributed by atoms with Crippen molar-refractivity contribution < 1.29 is 4.79 Å². The van der Waals surface area contributed by atoms with Crippen LogP contribution in [0.3, 0.4) is 0 Å². The average Bonchev–Trinajstić information content (AvgIpc) is 2.95. The van der Waals surface area contributed by atoms with Gasteiger partial charge in [0.25, 0.3) is 0 Å². The van der Waals surface area contributed by atoms with Gasteiger partial charge in [0.2, 0.25) is 5.91 Å². The first kappa shape index (κ1) is 16.1. The average molecular weight is 329 g/mol. The Bertz CT molecular complexity index is 708. The fraction of sp³-hybridized carbons (Fsp3) is 0.444. The molecule has 3 rings (SSSR count). The van der Waals surface area contributed by atoms with Gasteiger partial charge in [-0.05, 0) is 36.3 Å². The number of amides is 1. The highest BCUT2D eigenvalue weighted by Crippen LogP contribution is 2.38. The summed E-state index contributed by atoms with van der Waals surface area (Å²) >= 11 is 1.72. The molecule has 1 aromatic carbocycles. The quantitative estimate of drug-likeness (QED) is 0.839. The number of thioether (sulfide) groups is 1. The van der Waals surface area contributed by atoms with E-state index in [1.165, 1.54) is 10.5 Å². The van der Waals surface area contributed by atoms with Gasteiger partial charge >= 0.3 is 0 Å². The van der Waals surface area contributed by atoms with E-state index in [4.69, 9.17) is 0 Å². The van der Waals surface area contributed by atoms with Gasteiger partial charge in [-0.3, -0.25) is 4.79 Å². The third kappa shape index (κ3) is 3.44. The molecule has 122 valence electrons. The Morgan fingerprint density at radius 2 is 2.26 bits per heavy atom. The molecule has 1 unspecified atom stereocenters. The van der Waals surface area contributed by atoms with Crippen molar-refractivity contribution >= 4 is 23.5 Å². The van der Waals surface area contributed by atoms with E-state index in [0.717, 1.165) is 24.3 Å². The lowest BCUT2D eigenvalue weighted by Crippen LogP contribution is -2.25. The van der Waals surface area contributed by atoms with Crippen molar-refractivity contribution in [3.63, 3.8) is 0 Å². The predicted octanol–water partition coefficient (Wildman–Crippen LogP) is 4.13. The third-order valence-corrected chi connectivity index (χ3v) is 5.03. The second kappa shape index (κ2) is 6.79. The minimum Gasteiger partial charge on any atom is -0.311 e. The number of rotatable bonds is 5. The van der Waals surface area contributed by atoms with Crippen LogP contribution in [0.5, 0.6) is 0 Å². The van der Waals surface area contributed by atoms with E-state index in [1.54, 1.807) is 11.8 Å². The molecule has 1 aromatic heterocycles. The summed E-state index contributed by atoms with van der Waals surface area (Å²) in [6.07, 6.45) is 5.53. The Morgan fingerprint density at radius 1 is 1.43 bits per heavy atom. The van der Waals surface area contributed by atoms with Crippen LogP contribution in [0.15, 0.2) is 35.4 Å². The highest BCUT2D eigenvalue weighted by molar-refractivity contribution is 7.98. The summed E-state index contributed by atoms with van der Waals surface area (Å²) in [5, 5.41) is 7.54. The fourth-order valence-corrected chi connectivity index (χ4v) is 3.44. The summed E-state index contributed by atoms with van der Waals surface area (Å²) in [7, 11) is 0. The maximum absolute atomic E-state index is 12.2. The Kier molecular flexibility index (Phi) is 4.76. The van der Waals surface area contributed by atoms with Gasteiger partial charge in [0, 0.05) is 29.3 Å². The van der Waals surface area contributed by atoms with E-state index in [2.05, 4.69) is 54.8 Å². The summed E-state index contributed by atoms with van der Waals surface area (Å²) in [5.41, 5.74) is 2.32. The minimum atomic E-state index is 0.0725. The Morgan fingerprint density at radius 3 is 3.00 bits per heavy atom. The normalized spacial score (nSPS) is 17.2. The van der Waals surface area contributed by atoms with Crippen molar-refractivity contribution in [3.05, 3.63) is 41.6 Å². The van der Waals surface area contributed by atoms with E-state index in [0.29, 0.717) is 12.3 Å². The number of hydrogen-bond acceptors (Lipinski definition) is 3. The molecule has 4 nitrogen and oxygen atoms in total. The molecule has 0 radical (unpaired) electrons. The third-order valence-electron chi connectivity index (χ3n) is 4.30. The van der Waals surface area contributed by atoms with Gasteiger partial charge in [0.1, 0.15) is 5.82 Å². The highest BCUT2D eigenvalue weighted by Gasteiger charge is 2.30. The molecule has 0 bridgehead atoms. The van der Waals surface area contributed by atoms with Crippen molar-refractivity contribution in [1.29, 1.82) is 0 Å². The Labute approximate surface area is 141 Å². The van der Waals surface area contributed by atoms with Crippen LogP contribution in [0.1, 0.15) is 43.7 Å². The molecule has 1 atom stereocenters. The number of nitrogens with zero attached hydrogens (tertiary/aromatic N) is 2. The lowest BCUT2D eigenvalue weighted by Gasteiger charge is -2.24.